The summed E-state index contributed by atoms with van der Waals surface area (Å²) < 4.78 is 5.60. The maximum atomic E-state index is 12.5. The number of carbonyl (C=O) groups is 2. The third kappa shape index (κ3) is 4.11. The minimum absolute atomic E-state index is 0.0435. The van der Waals surface area contributed by atoms with E-state index in [0.29, 0.717) is 22.8 Å². The van der Waals surface area contributed by atoms with Gasteiger partial charge < -0.3 is 4.74 Å². The average Bonchev–Trinajstić information content (AvgIpc) is 2.70. The molecule has 2 heterocycles. The number of pyridine rings is 1. The van der Waals surface area contributed by atoms with E-state index in [9.17, 15) is 9.59 Å². The van der Waals surface area contributed by atoms with Crippen molar-refractivity contribution in [3.63, 3.8) is 0 Å². The lowest BCUT2D eigenvalue weighted by Gasteiger charge is -2.27. The Balaban J connectivity index is 1.77. The van der Waals surface area contributed by atoms with Crippen LogP contribution in [0.25, 0.3) is 6.08 Å². The van der Waals surface area contributed by atoms with E-state index >= 15 is 0 Å². The molecule has 1 saturated heterocycles. The zero-order chi connectivity index (χ0) is 20.1. The van der Waals surface area contributed by atoms with E-state index in [0.717, 1.165) is 0 Å². The molecular formula is C20H14N4O3S. The van der Waals surface area contributed by atoms with Gasteiger partial charge in [-0.15, -0.1) is 6.58 Å². The first kappa shape index (κ1) is 18.9. The minimum Gasteiger partial charge on any atom is -0.439 e. The molecule has 138 valence electrons. The van der Waals surface area contributed by atoms with Crippen molar-refractivity contribution in [2.75, 3.05) is 6.54 Å². The molecule has 0 spiro atoms. The van der Waals surface area contributed by atoms with E-state index in [-0.39, 0.29) is 17.2 Å². The molecule has 1 aliphatic rings. The highest BCUT2D eigenvalue weighted by atomic mass is 32.1. The van der Waals surface area contributed by atoms with Gasteiger partial charge in [0.1, 0.15) is 11.3 Å². The fraction of sp³-hybridized carbons (Fsp3) is 0.0500. The predicted octanol–water partition coefficient (Wildman–Crippen LogP) is 2.56. The maximum Gasteiger partial charge on any atom is 0.265 e. The lowest BCUT2D eigenvalue weighted by atomic mass is 10.1. The van der Waals surface area contributed by atoms with Crippen LogP contribution in [0.1, 0.15) is 11.1 Å². The van der Waals surface area contributed by atoms with Crippen molar-refractivity contribution in [2.45, 2.75) is 0 Å². The second-order valence-corrected chi connectivity index (χ2v) is 6.08. The number of benzene rings is 1. The molecule has 0 radical (unpaired) electrons. The van der Waals surface area contributed by atoms with E-state index in [1.165, 1.54) is 23.2 Å². The number of rotatable bonds is 5. The summed E-state index contributed by atoms with van der Waals surface area (Å²) in [6, 6.07) is 11.9. The molecule has 7 nitrogen and oxygen atoms in total. The third-order valence-electron chi connectivity index (χ3n) is 3.77. The Morgan fingerprint density at radius 2 is 2.00 bits per heavy atom. The number of ether oxygens (including phenoxy) is 1. The fourth-order valence-corrected chi connectivity index (χ4v) is 2.66. The molecular weight excluding hydrogens is 376 g/mol. The first-order chi connectivity index (χ1) is 13.5. The molecule has 3 rings (SSSR count). The Morgan fingerprint density at radius 1 is 1.25 bits per heavy atom. The number of hydrogen-bond acceptors (Lipinski definition) is 6. The predicted molar refractivity (Wildman–Crippen MR) is 106 cm³/mol. The second kappa shape index (κ2) is 8.24. The lowest BCUT2D eigenvalue weighted by molar-refractivity contribution is -0.128. The molecule has 2 amide bonds. The summed E-state index contributed by atoms with van der Waals surface area (Å²) in [5, 5.41) is 11.3. The fourth-order valence-electron chi connectivity index (χ4n) is 2.41. The van der Waals surface area contributed by atoms with E-state index in [4.69, 9.17) is 22.2 Å². The van der Waals surface area contributed by atoms with Crippen LogP contribution in [0.5, 0.6) is 11.6 Å². The van der Waals surface area contributed by atoms with Crippen LogP contribution in [0.15, 0.2) is 60.8 Å². The smallest absolute Gasteiger partial charge is 0.265 e. The number of amides is 2. The molecule has 1 aliphatic heterocycles. The van der Waals surface area contributed by atoms with Gasteiger partial charge in [0.25, 0.3) is 11.8 Å². The summed E-state index contributed by atoms with van der Waals surface area (Å²) in [6.45, 7) is 3.78. The van der Waals surface area contributed by atoms with Crippen LogP contribution in [0.3, 0.4) is 0 Å². The molecule has 2 aromatic rings. The number of nitrogens with one attached hydrogen (secondary N) is 1. The van der Waals surface area contributed by atoms with Crippen molar-refractivity contribution in [3.05, 3.63) is 72.0 Å². The Morgan fingerprint density at radius 3 is 2.61 bits per heavy atom. The van der Waals surface area contributed by atoms with E-state index in [1.807, 2.05) is 6.07 Å². The molecule has 0 atom stereocenters. The molecule has 0 aliphatic carbocycles. The molecule has 1 aromatic heterocycles. The number of carbonyl (C=O) groups excluding carboxylic acids is 2. The van der Waals surface area contributed by atoms with Gasteiger partial charge in [-0.2, -0.15) is 5.26 Å². The Kier molecular flexibility index (Phi) is 5.58. The quantitative estimate of drug-likeness (QED) is 0.365. The first-order valence-corrected chi connectivity index (χ1v) is 8.56. The Bertz CT molecular complexity index is 1020. The summed E-state index contributed by atoms with van der Waals surface area (Å²) in [4.78, 5) is 30.0. The maximum absolute atomic E-state index is 12.5. The average molecular weight is 390 g/mol. The number of nitriles is 1. The summed E-state index contributed by atoms with van der Waals surface area (Å²) in [7, 11) is 0. The van der Waals surface area contributed by atoms with E-state index in [1.54, 1.807) is 36.4 Å². The van der Waals surface area contributed by atoms with Crippen molar-refractivity contribution < 1.29 is 14.3 Å². The molecule has 0 unspecified atom stereocenters. The van der Waals surface area contributed by atoms with Crippen LogP contribution in [-0.4, -0.2) is 33.4 Å². The standard InChI is InChI=1S/C20H14N4O3S/c1-2-9-24-19(26)16(18(25)23-20(24)28)10-14-5-8-17(22-12-14)27-15-6-3-13(11-21)4-7-15/h2-8,10,12H,1,9H2,(H,23,25,28)/b16-10-. The number of nitrogens with zero attached hydrogens (tertiary/aromatic N) is 3. The number of aromatic nitrogens is 1. The van der Waals surface area contributed by atoms with Gasteiger partial charge in [-0.05, 0) is 54.2 Å². The molecule has 0 bridgehead atoms. The van der Waals surface area contributed by atoms with E-state index < -0.39 is 11.8 Å². The molecule has 28 heavy (non-hydrogen) atoms. The van der Waals surface area contributed by atoms with Crippen LogP contribution in [0.4, 0.5) is 0 Å². The first-order valence-electron chi connectivity index (χ1n) is 8.15. The van der Waals surface area contributed by atoms with Gasteiger partial charge in [0, 0.05) is 18.8 Å². The minimum atomic E-state index is -0.562. The van der Waals surface area contributed by atoms with Gasteiger partial charge in [0.2, 0.25) is 5.88 Å². The summed E-state index contributed by atoms with van der Waals surface area (Å²) in [6.07, 6.45) is 4.45. The normalized spacial score (nSPS) is 15.2. The SMILES string of the molecule is C=CCN1C(=O)/C(=C\c2ccc(Oc3ccc(C#N)cc3)nc2)C(=O)NC1=S. The molecule has 1 N–H and O–H groups in total. The highest BCUT2D eigenvalue weighted by Gasteiger charge is 2.32. The van der Waals surface area contributed by atoms with Gasteiger partial charge in [0.15, 0.2) is 5.11 Å². The van der Waals surface area contributed by atoms with Gasteiger partial charge in [-0.25, -0.2) is 4.98 Å². The van der Waals surface area contributed by atoms with E-state index in [2.05, 4.69) is 16.9 Å². The van der Waals surface area contributed by atoms with Gasteiger partial charge >= 0.3 is 0 Å². The molecule has 1 fully saturated rings. The second-order valence-electron chi connectivity index (χ2n) is 5.69. The number of thiocarbonyl (C=S) groups is 1. The zero-order valence-electron chi connectivity index (χ0n) is 14.6. The highest BCUT2D eigenvalue weighted by molar-refractivity contribution is 7.80. The van der Waals surface area contributed by atoms with Crippen LogP contribution in [0.2, 0.25) is 0 Å². The van der Waals surface area contributed by atoms with Crippen molar-refractivity contribution in [2.24, 2.45) is 0 Å². The monoisotopic (exact) mass is 390 g/mol. The van der Waals surface area contributed by atoms with Crippen molar-refractivity contribution >= 4 is 35.2 Å². The molecule has 8 heteroatoms. The van der Waals surface area contributed by atoms with Gasteiger partial charge in [-0.3, -0.25) is 19.8 Å². The summed E-state index contributed by atoms with van der Waals surface area (Å²) in [5.41, 5.74) is 1.04. The third-order valence-corrected chi connectivity index (χ3v) is 4.10. The number of hydrogen-bond donors (Lipinski definition) is 1. The Hall–Kier alpha value is -3.83. The highest BCUT2D eigenvalue weighted by Crippen LogP contribution is 2.21. The van der Waals surface area contributed by atoms with Gasteiger partial charge in [-0.1, -0.05) is 6.08 Å². The van der Waals surface area contributed by atoms with Crippen LogP contribution >= 0.6 is 12.2 Å². The van der Waals surface area contributed by atoms with Crippen molar-refractivity contribution in [3.8, 4) is 17.7 Å². The topological polar surface area (TPSA) is 95.3 Å². The van der Waals surface area contributed by atoms with Crippen LogP contribution in [-0.2, 0) is 9.59 Å². The van der Waals surface area contributed by atoms with Gasteiger partial charge in [0.05, 0.1) is 11.6 Å². The zero-order valence-corrected chi connectivity index (χ0v) is 15.4. The molecule has 1 aromatic carbocycles. The molecule has 0 saturated carbocycles. The van der Waals surface area contributed by atoms with Crippen molar-refractivity contribution in [1.82, 2.24) is 15.2 Å². The summed E-state index contributed by atoms with van der Waals surface area (Å²) in [5.74, 6) is -0.187. The van der Waals surface area contributed by atoms with Crippen LogP contribution in [0, 0.1) is 11.3 Å². The Labute approximate surface area is 166 Å². The summed E-state index contributed by atoms with van der Waals surface area (Å²) >= 11 is 5.01. The van der Waals surface area contributed by atoms with Crippen molar-refractivity contribution in [1.29, 1.82) is 5.26 Å². The lowest BCUT2D eigenvalue weighted by Crippen LogP contribution is -2.53. The van der Waals surface area contributed by atoms with Crippen LogP contribution < -0.4 is 10.1 Å². The largest absolute Gasteiger partial charge is 0.439 e.